The Labute approximate surface area is 74.1 Å². The predicted octanol–water partition coefficient (Wildman–Crippen LogP) is 0.526. The van der Waals surface area contributed by atoms with Gasteiger partial charge in [-0.15, -0.1) is 0 Å². The van der Waals surface area contributed by atoms with E-state index in [0.717, 1.165) is 39.0 Å². The van der Waals surface area contributed by atoms with E-state index in [1.165, 1.54) is 0 Å². The molecule has 0 bridgehead atoms. The molecule has 0 spiro atoms. The predicted molar refractivity (Wildman–Crippen MR) is 48.1 cm³/mol. The van der Waals surface area contributed by atoms with Crippen molar-refractivity contribution in [2.75, 3.05) is 19.8 Å². The molecule has 1 saturated carbocycles. The topological polar surface area (TPSA) is 41.5 Å². The molecule has 0 amide bonds. The zero-order valence-electron chi connectivity index (χ0n) is 7.75. The summed E-state index contributed by atoms with van der Waals surface area (Å²) in [7, 11) is 0. The molecule has 0 heterocycles. The van der Waals surface area contributed by atoms with Crippen molar-refractivity contribution in [1.29, 1.82) is 0 Å². The molecule has 1 aliphatic carbocycles. The minimum atomic E-state index is -0.133. The van der Waals surface area contributed by atoms with Crippen LogP contribution in [0.5, 0.6) is 0 Å². The summed E-state index contributed by atoms with van der Waals surface area (Å²) in [6.07, 6.45) is 3.07. The summed E-state index contributed by atoms with van der Waals surface area (Å²) in [5.41, 5.74) is 0. The Morgan fingerprint density at radius 2 is 2.33 bits per heavy atom. The third kappa shape index (κ3) is 3.09. The van der Waals surface area contributed by atoms with Crippen LogP contribution in [-0.2, 0) is 4.74 Å². The molecular formula is C9H19NO2. The van der Waals surface area contributed by atoms with Crippen molar-refractivity contribution in [1.82, 2.24) is 5.32 Å². The quantitative estimate of drug-likeness (QED) is 0.596. The van der Waals surface area contributed by atoms with E-state index in [1.54, 1.807) is 0 Å². The second kappa shape index (κ2) is 5.51. The van der Waals surface area contributed by atoms with Gasteiger partial charge in [-0.05, 0) is 26.2 Å². The first-order valence-corrected chi connectivity index (χ1v) is 4.83. The van der Waals surface area contributed by atoms with Crippen LogP contribution in [0.15, 0.2) is 0 Å². The van der Waals surface area contributed by atoms with Crippen LogP contribution < -0.4 is 5.32 Å². The molecule has 2 N–H and O–H groups in total. The van der Waals surface area contributed by atoms with E-state index >= 15 is 0 Å². The maximum Gasteiger partial charge on any atom is 0.0693 e. The lowest BCUT2D eigenvalue weighted by molar-refractivity contribution is 0.124. The second-order valence-electron chi connectivity index (χ2n) is 3.26. The van der Waals surface area contributed by atoms with Gasteiger partial charge in [-0.25, -0.2) is 0 Å². The summed E-state index contributed by atoms with van der Waals surface area (Å²) in [6, 6.07) is 0.311. The van der Waals surface area contributed by atoms with Gasteiger partial charge in [0.2, 0.25) is 0 Å². The van der Waals surface area contributed by atoms with Crippen LogP contribution in [-0.4, -0.2) is 37.0 Å². The number of aliphatic hydroxyl groups excluding tert-OH is 1. The normalized spacial score (nSPS) is 29.5. The molecule has 0 aromatic heterocycles. The number of hydrogen-bond acceptors (Lipinski definition) is 3. The lowest BCUT2D eigenvalue weighted by atomic mass is 10.2. The highest BCUT2D eigenvalue weighted by molar-refractivity contribution is 4.82. The summed E-state index contributed by atoms with van der Waals surface area (Å²) >= 11 is 0. The van der Waals surface area contributed by atoms with Gasteiger partial charge in [0.15, 0.2) is 0 Å². The largest absolute Gasteiger partial charge is 0.392 e. The molecule has 0 aromatic rings. The fraction of sp³-hybridized carbons (Fsp3) is 1.00. The standard InChI is InChI=1S/C9H19NO2/c1-2-12-7-6-10-8-4-3-5-9(8)11/h8-11H,2-7H2,1H3. The van der Waals surface area contributed by atoms with E-state index in [1.807, 2.05) is 6.92 Å². The van der Waals surface area contributed by atoms with Crippen molar-refractivity contribution in [2.45, 2.75) is 38.3 Å². The third-order valence-corrected chi connectivity index (χ3v) is 2.34. The number of rotatable bonds is 5. The van der Waals surface area contributed by atoms with Crippen LogP contribution in [0.25, 0.3) is 0 Å². The SMILES string of the molecule is CCOCCNC1CCCC1O. The first-order chi connectivity index (χ1) is 5.84. The first kappa shape index (κ1) is 9.96. The van der Waals surface area contributed by atoms with E-state index in [2.05, 4.69) is 5.32 Å². The Kier molecular flexibility index (Phi) is 4.58. The molecule has 72 valence electrons. The van der Waals surface area contributed by atoms with Gasteiger partial charge in [0, 0.05) is 19.2 Å². The van der Waals surface area contributed by atoms with Crippen molar-refractivity contribution < 1.29 is 9.84 Å². The Balaban J connectivity index is 1.98. The molecular weight excluding hydrogens is 154 g/mol. The van der Waals surface area contributed by atoms with E-state index in [9.17, 15) is 5.11 Å². The van der Waals surface area contributed by atoms with Crippen LogP contribution in [0.3, 0.4) is 0 Å². The molecule has 0 radical (unpaired) electrons. The Bertz CT molecular complexity index is 119. The first-order valence-electron chi connectivity index (χ1n) is 4.83. The molecule has 12 heavy (non-hydrogen) atoms. The van der Waals surface area contributed by atoms with Crippen LogP contribution in [0.2, 0.25) is 0 Å². The molecule has 2 unspecified atom stereocenters. The minimum Gasteiger partial charge on any atom is -0.392 e. The van der Waals surface area contributed by atoms with Gasteiger partial charge in [0.05, 0.1) is 12.7 Å². The van der Waals surface area contributed by atoms with Crippen molar-refractivity contribution >= 4 is 0 Å². The highest BCUT2D eigenvalue weighted by Gasteiger charge is 2.23. The number of aliphatic hydroxyl groups is 1. The van der Waals surface area contributed by atoms with E-state index in [0.29, 0.717) is 6.04 Å². The van der Waals surface area contributed by atoms with Crippen molar-refractivity contribution in [2.24, 2.45) is 0 Å². The Morgan fingerprint density at radius 1 is 1.50 bits per heavy atom. The molecule has 1 fully saturated rings. The van der Waals surface area contributed by atoms with Crippen LogP contribution >= 0.6 is 0 Å². The van der Waals surface area contributed by atoms with Crippen molar-refractivity contribution in [3.63, 3.8) is 0 Å². The number of hydrogen-bond donors (Lipinski definition) is 2. The van der Waals surface area contributed by atoms with E-state index in [4.69, 9.17) is 4.74 Å². The van der Waals surface area contributed by atoms with Gasteiger partial charge in [-0.1, -0.05) is 0 Å². The molecule has 3 nitrogen and oxygen atoms in total. The van der Waals surface area contributed by atoms with E-state index < -0.39 is 0 Å². The maximum atomic E-state index is 9.44. The molecule has 0 saturated heterocycles. The second-order valence-corrected chi connectivity index (χ2v) is 3.26. The van der Waals surface area contributed by atoms with E-state index in [-0.39, 0.29) is 6.10 Å². The fourth-order valence-corrected chi connectivity index (χ4v) is 1.64. The average molecular weight is 173 g/mol. The Hall–Kier alpha value is -0.120. The molecule has 3 heteroatoms. The molecule has 2 atom stereocenters. The zero-order valence-corrected chi connectivity index (χ0v) is 7.75. The molecule has 1 rings (SSSR count). The van der Waals surface area contributed by atoms with Crippen LogP contribution in [0.1, 0.15) is 26.2 Å². The van der Waals surface area contributed by atoms with Crippen molar-refractivity contribution in [3.05, 3.63) is 0 Å². The summed E-state index contributed by atoms with van der Waals surface area (Å²) in [6.45, 7) is 4.37. The Morgan fingerprint density at radius 3 is 2.92 bits per heavy atom. The average Bonchev–Trinajstić information content (AvgIpc) is 2.46. The van der Waals surface area contributed by atoms with Gasteiger partial charge >= 0.3 is 0 Å². The zero-order chi connectivity index (χ0) is 8.81. The molecule has 0 aromatic carbocycles. The summed E-state index contributed by atoms with van der Waals surface area (Å²) in [4.78, 5) is 0. The molecule has 0 aliphatic heterocycles. The smallest absolute Gasteiger partial charge is 0.0693 e. The van der Waals surface area contributed by atoms with Gasteiger partial charge in [0.25, 0.3) is 0 Å². The van der Waals surface area contributed by atoms with Gasteiger partial charge < -0.3 is 15.2 Å². The van der Waals surface area contributed by atoms with Gasteiger partial charge in [0.1, 0.15) is 0 Å². The number of nitrogens with one attached hydrogen (secondary N) is 1. The highest BCUT2D eigenvalue weighted by Crippen LogP contribution is 2.18. The van der Waals surface area contributed by atoms with Gasteiger partial charge in [-0.2, -0.15) is 0 Å². The molecule has 1 aliphatic rings. The maximum absolute atomic E-state index is 9.44. The summed E-state index contributed by atoms with van der Waals surface area (Å²) in [5.74, 6) is 0. The summed E-state index contributed by atoms with van der Waals surface area (Å²) in [5, 5.41) is 12.7. The highest BCUT2D eigenvalue weighted by atomic mass is 16.5. The lowest BCUT2D eigenvalue weighted by Gasteiger charge is -2.15. The van der Waals surface area contributed by atoms with Crippen molar-refractivity contribution in [3.8, 4) is 0 Å². The van der Waals surface area contributed by atoms with Gasteiger partial charge in [-0.3, -0.25) is 0 Å². The third-order valence-electron chi connectivity index (χ3n) is 2.34. The lowest BCUT2D eigenvalue weighted by Crippen LogP contribution is -2.37. The summed E-state index contributed by atoms with van der Waals surface area (Å²) < 4.78 is 5.18. The monoisotopic (exact) mass is 173 g/mol. The number of ether oxygens (including phenoxy) is 1. The fourth-order valence-electron chi connectivity index (χ4n) is 1.64. The minimum absolute atomic E-state index is 0.133. The van der Waals surface area contributed by atoms with Crippen LogP contribution in [0.4, 0.5) is 0 Å². The van der Waals surface area contributed by atoms with Crippen LogP contribution in [0, 0.1) is 0 Å².